The molecular weight excluding hydrogens is 293 g/mol. The molecule has 2 aromatic rings. The predicted molar refractivity (Wildman–Crippen MR) is 86.7 cm³/mol. The molecule has 2 heterocycles. The van der Waals surface area contributed by atoms with Gasteiger partial charge in [0.1, 0.15) is 5.82 Å². The Morgan fingerprint density at radius 1 is 1.35 bits per heavy atom. The van der Waals surface area contributed by atoms with E-state index in [0.29, 0.717) is 18.7 Å². The van der Waals surface area contributed by atoms with Crippen LogP contribution in [0.2, 0.25) is 0 Å². The van der Waals surface area contributed by atoms with Gasteiger partial charge in [-0.1, -0.05) is 31.2 Å². The Morgan fingerprint density at radius 2 is 2.13 bits per heavy atom. The number of halogens is 1. The van der Waals surface area contributed by atoms with Crippen LogP contribution in [0.1, 0.15) is 34.5 Å². The second-order valence-electron chi connectivity index (χ2n) is 5.71. The summed E-state index contributed by atoms with van der Waals surface area (Å²) in [6.07, 6.45) is 3.51. The van der Waals surface area contributed by atoms with E-state index in [1.54, 1.807) is 4.90 Å². The largest absolute Gasteiger partial charge is 0.329 e. The van der Waals surface area contributed by atoms with Crippen LogP contribution >= 0.6 is 0 Å². The van der Waals surface area contributed by atoms with Crippen molar-refractivity contribution >= 4 is 5.91 Å². The van der Waals surface area contributed by atoms with E-state index in [9.17, 15) is 9.18 Å². The first-order valence-corrected chi connectivity index (χ1v) is 7.90. The fraction of sp³-hybridized carbons (Fsp3) is 0.333. The summed E-state index contributed by atoms with van der Waals surface area (Å²) in [7, 11) is 0. The highest BCUT2D eigenvalue weighted by molar-refractivity contribution is 5.94. The molecule has 1 aliphatic heterocycles. The summed E-state index contributed by atoms with van der Waals surface area (Å²) < 4.78 is 13.4. The van der Waals surface area contributed by atoms with Crippen LogP contribution in [0.15, 0.2) is 42.7 Å². The molecule has 1 atom stereocenters. The van der Waals surface area contributed by atoms with Gasteiger partial charge >= 0.3 is 0 Å². The molecule has 1 saturated heterocycles. The first kappa shape index (κ1) is 15.6. The summed E-state index contributed by atoms with van der Waals surface area (Å²) in [6.45, 7) is 4.14. The number of hydrogen-bond donors (Lipinski definition) is 1. The van der Waals surface area contributed by atoms with Gasteiger partial charge in [-0.25, -0.2) is 4.39 Å². The number of aromatic nitrogens is 1. The van der Waals surface area contributed by atoms with Crippen LogP contribution in [0.3, 0.4) is 0 Å². The van der Waals surface area contributed by atoms with Crippen LogP contribution in [0.5, 0.6) is 0 Å². The summed E-state index contributed by atoms with van der Waals surface area (Å²) in [6, 6.07) is 9.52. The average molecular weight is 313 g/mol. The number of nitrogens with one attached hydrogen (secondary N) is 1. The minimum atomic E-state index is -0.491. The molecule has 4 nitrogen and oxygen atoms in total. The Balaban J connectivity index is 1.87. The lowest BCUT2D eigenvalue weighted by molar-refractivity contribution is 0.0633. The Labute approximate surface area is 135 Å². The molecule has 0 bridgehead atoms. The third-order valence-electron chi connectivity index (χ3n) is 4.23. The molecule has 0 aliphatic carbocycles. The molecule has 1 aromatic heterocycles. The van der Waals surface area contributed by atoms with Gasteiger partial charge in [-0.15, -0.1) is 0 Å². The maximum atomic E-state index is 13.4. The van der Waals surface area contributed by atoms with Crippen molar-refractivity contribution in [1.82, 2.24) is 15.2 Å². The number of amides is 1. The lowest BCUT2D eigenvalue weighted by Gasteiger charge is -2.36. The van der Waals surface area contributed by atoms with E-state index in [4.69, 9.17) is 0 Å². The second kappa shape index (κ2) is 6.87. The van der Waals surface area contributed by atoms with E-state index in [0.717, 1.165) is 24.7 Å². The molecule has 1 fully saturated rings. The van der Waals surface area contributed by atoms with Gasteiger partial charge in [-0.3, -0.25) is 9.78 Å². The van der Waals surface area contributed by atoms with Crippen LogP contribution in [0, 0.1) is 5.82 Å². The standard InChI is InChI=1S/C18H20FN3O/c1-2-13-3-5-14(6-4-13)17-12-20-7-8-22(17)18(23)15-9-16(19)11-21-10-15/h3-6,9-11,17,20H,2,7-8,12H2,1H3. The fourth-order valence-electron chi connectivity index (χ4n) is 2.92. The highest BCUT2D eigenvalue weighted by Gasteiger charge is 2.28. The van der Waals surface area contributed by atoms with Gasteiger partial charge in [0.05, 0.1) is 17.8 Å². The number of carbonyl (C=O) groups excluding carboxylic acids is 1. The highest BCUT2D eigenvalue weighted by atomic mass is 19.1. The predicted octanol–water partition coefficient (Wildman–Crippen LogP) is 2.57. The zero-order valence-electron chi connectivity index (χ0n) is 13.1. The Kier molecular flexibility index (Phi) is 4.67. The fourth-order valence-corrected chi connectivity index (χ4v) is 2.92. The van der Waals surface area contributed by atoms with Crippen molar-refractivity contribution < 1.29 is 9.18 Å². The molecule has 0 radical (unpaired) electrons. The first-order chi connectivity index (χ1) is 11.2. The molecule has 0 spiro atoms. The molecule has 0 saturated carbocycles. The van der Waals surface area contributed by atoms with Crippen LogP contribution in [-0.2, 0) is 6.42 Å². The Hall–Kier alpha value is -2.27. The summed E-state index contributed by atoms with van der Waals surface area (Å²) in [5.41, 5.74) is 2.65. The van der Waals surface area contributed by atoms with Crippen molar-refractivity contribution in [2.24, 2.45) is 0 Å². The summed E-state index contributed by atoms with van der Waals surface area (Å²) in [5, 5.41) is 3.33. The normalized spacial score (nSPS) is 18.0. The molecular formula is C18H20FN3O. The van der Waals surface area contributed by atoms with Gasteiger partial charge in [0, 0.05) is 25.8 Å². The van der Waals surface area contributed by atoms with E-state index in [2.05, 4.69) is 41.5 Å². The van der Waals surface area contributed by atoms with Gasteiger partial charge < -0.3 is 10.2 Å². The second-order valence-corrected chi connectivity index (χ2v) is 5.71. The number of hydrogen-bond acceptors (Lipinski definition) is 3. The number of aryl methyl sites for hydroxylation is 1. The van der Waals surface area contributed by atoms with E-state index in [1.165, 1.54) is 17.8 Å². The molecule has 1 aliphatic rings. The molecule has 1 aromatic carbocycles. The van der Waals surface area contributed by atoms with Gasteiger partial charge in [0.2, 0.25) is 0 Å². The highest BCUT2D eigenvalue weighted by Crippen LogP contribution is 2.24. The van der Waals surface area contributed by atoms with Crippen LogP contribution < -0.4 is 5.32 Å². The quantitative estimate of drug-likeness (QED) is 0.947. The van der Waals surface area contributed by atoms with E-state index in [-0.39, 0.29) is 11.9 Å². The summed E-state index contributed by atoms with van der Waals surface area (Å²) >= 11 is 0. The minimum absolute atomic E-state index is 0.0505. The topological polar surface area (TPSA) is 45.2 Å². The van der Waals surface area contributed by atoms with Crippen LogP contribution in [0.25, 0.3) is 0 Å². The number of carbonyl (C=O) groups is 1. The maximum absolute atomic E-state index is 13.4. The van der Waals surface area contributed by atoms with Crippen molar-refractivity contribution in [2.75, 3.05) is 19.6 Å². The number of pyridine rings is 1. The Bertz CT molecular complexity index is 687. The van der Waals surface area contributed by atoms with Gasteiger partial charge in [0.25, 0.3) is 5.91 Å². The molecule has 1 N–H and O–H groups in total. The molecule has 3 rings (SSSR count). The smallest absolute Gasteiger partial charge is 0.256 e. The first-order valence-electron chi connectivity index (χ1n) is 7.90. The van der Waals surface area contributed by atoms with Crippen molar-refractivity contribution in [3.8, 4) is 0 Å². The number of nitrogens with zero attached hydrogens (tertiary/aromatic N) is 2. The monoisotopic (exact) mass is 313 g/mol. The zero-order chi connectivity index (χ0) is 16.2. The van der Waals surface area contributed by atoms with Crippen molar-refractivity contribution in [1.29, 1.82) is 0 Å². The molecule has 120 valence electrons. The SMILES string of the molecule is CCc1ccc(C2CNCCN2C(=O)c2cncc(F)c2)cc1. The molecule has 1 amide bonds. The van der Waals surface area contributed by atoms with Crippen LogP contribution in [0.4, 0.5) is 4.39 Å². The minimum Gasteiger partial charge on any atom is -0.329 e. The Morgan fingerprint density at radius 3 is 2.83 bits per heavy atom. The van der Waals surface area contributed by atoms with E-state index < -0.39 is 5.82 Å². The van der Waals surface area contributed by atoms with Crippen molar-refractivity contribution in [3.05, 3.63) is 65.2 Å². The number of benzene rings is 1. The van der Waals surface area contributed by atoms with Crippen LogP contribution in [-0.4, -0.2) is 35.4 Å². The lowest BCUT2D eigenvalue weighted by atomic mass is 10.00. The van der Waals surface area contributed by atoms with Gasteiger partial charge in [0.15, 0.2) is 0 Å². The van der Waals surface area contributed by atoms with Gasteiger partial charge in [-0.05, 0) is 23.6 Å². The average Bonchev–Trinajstić information content (AvgIpc) is 2.61. The van der Waals surface area contributed by atoms with Gasteiger partial charge in [-0.2, -0.15) is 0 Å². The van der Waals surface area contributed by atoms with Crippen molar-refractivity contribution in [3.63, 3.8) is 0 Å². The summed E-state index contributed by atoms with van der Waals surface area (Å²) in [4.78, 5) is 18.3. The van der Waals surface area contributed by atoms with E-state index in [1.807, 2.05) is 0 Å². The third-order valence-corrected chi connectivity index (χ3v) is 4.23. The lowest BCUT2D eigenvalue weighted by Crippen LogP contribution is -2.48. The molecule has 23 heavy (non-hydrogen) atoms. The van der Waals surface area contributed by atoms with E-state index >= 15 is 0 Å². The summed E-state index contributed by atoms with van der Waals surface area (Å²) in [5.74, 6) is -0.669. The maximum Gasteiger partial charge on any atom is 0.256 e. The number of piperazine rings is 1. The van der Waals surface area contributed by atoms with Crippen molar-refractivity contribution in [2.45, 2.75) is 19.4 Å². The molecule has 5 heteroatoms. The number of rotatable bonds is 3. The third kappa shape index (κ3) is 3.40. The zero-order valence-corrected chi connectivity index (χ0v) is 13.1. The molecule has 1 unspecified atom stereocenters.